The van der Waals surface area contributed by atoms with Crippen molar-refractivity contribution in [3.8, 4) is 5.75 Å². The highest BCUT2D eigenvalue weighted by Crippen LogP contribution is 2.20. The zero-order valence-electron chi connectivity index (χ0n) is 20.3. The molecule has 0 unspecified atom stereocenters. The van der Waals surface area contributed by atoms with Gasteiger partial charge in [-0.2, -0.15) is 0 Å². The average Bonchev–Trinajstić information content (AvgIpc) is 3.21. The normalized spacial score (nSPS) is 10.8. The average molecular weight is 471 g/mol. The van der Waals surface area contributed by atoms with E-state index < -0.39 is 0 Å². The SMILES string of the molecule is Cc1ccc(C)c(OCC(=O)NCCc2nc3ccccc3n2CC(=O)N(C)c2ccccc2)c1. The molecule has 0 aliphatic heterocycles. The number of anilines is 1. The molecule has 0 saturated carbocycles. The number of hydrogen-bond acceptors (Lipinski definition) is 4. The molecule has 0 aliphatic carbocycles. The first kappa shape index (κ1) is 24.0. The number of nitrogens with zero attached hydrogens (tertiary/aromatic N) is 3. The number of benzene rings is 3. The van der Waals surface area contributed by atoms with E-state index in [2.05, 4.69) is 5.32 Å². The standard InChI is InChI=1S/C28H30N4O3/c1-20-13-14-21(2)25(17-20)35-19-27(33)29-16-15-26-30-23-11-7-8-12-24(23)32(26)18-28(34)31(3)22-9-5-4-6-10-22/h4-14,17H,15-16,18-19H2,1-3H3,(H,29,33). The van der Waals surface area contributed by atoms with Gasteiger partial charge in [-0.25, -0.2) is 4.98 Å². The number of aromatic nitrogens is 2. The van der Waals surface area contributed by atoms with Crippen molar-refractivity contribution in [3.05, 3.63) is 89.7 Å². The fourth-order valence-electron chi connectivity index (χ4n) is 3.90. The molecule has 4 rings (SSSR count). The molecule has 0 bridgehead atoms. The highest BCUT2D eigenvalue weighted by Gasteiger charge is 2.17. The number of para-hydroxylation sites is 3. The van der Waals surface area contributed by atoms with E-state index >= 15 is 0 Å². The molecule has 1 N–H and O–H groups in total. The van der Waals surface area contributed by atoms with Gasteiger partial charge in [-0.15, -0.1) is 0 Å². The largest absolute Gasteiger partial charge is 0.483 e. The lowest BCUT2D eigenvalue weighted by Gasteiger charge is -2.19. The zero-order valence-corrected chi connectivity index (χ0v) is 20.3. The Kier molecular flexibility index (Phi) is 7.45. The van der Waals surface area contributed by atoms with Crippen LogP contribution in [0.2, 0.25) is 0 Å². The quantitative estimate of drug-likeness (QED) is 0.400. The minimum atomic E-state index is -0.201. The van der Waals surface area contributed by atoms with Crippen LogP contribution in [0, 0.1) is 13.8 Å². The lowest BCUT2D eigenvalue weighted by molar-refractivity contribution is -0.123. The number of carbonyl (C=O) groups is 2. The second kappa shape index (κ2) is 10.9. The molecule has 1 aromatic heterocycles. The third-order valence-corrected chi connectivity index (χ3v) is 5.92. The highest BCUT2D eigenvalue weighted by molar-refractivity contribution is 5.93. The number of hydrogen-bond donors (Lipinski definition) is 1. The second-order valence-corrected chi connectivity index (χ2v) is 8.55. The van der Waals surface area contributed by atoms with Crippen LogP contribution in [-0.2, 0) is 22.6 Å². The van der Waals surface area contributed by atoms with Crippen LogP contribution in [-0.4, -0.2) is 41.6 Å². The van der Waals surface area contributed by atoms with Crippen molar-refractivity contribution in [2.45, 2.75) is 26.8 Å². The summed E-state index contributed by atoms with van der Waals surface area (Å²) in [4.78, 5) is 31.8. The van der Waals surface area contributed by atoms with Gasteiger partial charge >= 0.3 is 0 Å². The number of carbonyl (C=O) groups excluding carboxylic acids is 2. The molecule has 7 nitrogen and oxygen atoms in total. The number of rotatable bonds is 9. The number of likely N-dealkylation sites (N-methyl/N-ethyl adjacent to an activating group) is 1. The molecule has 0 fully saturated rings. The van der Waals surface area contributed by atoms with Gasteiger partial charge in [-0.3, -0.25) is 9.59 Å². The first-order chi connectivity index (χ1) is 16.9. The molecule has 0 saturated heterocycles. The Hall–Kier alpha value is -4.13. The van der Waals surface area contributed by atoms with Crippen molar-refractivity contribution in [2.75, 3.05) is 25.1 Å². The minimum Gasteiger partial charge on any atom is -0.483 e. The van der Waals surface area contributed by atoms with Gasteiger partial charge < -0.3 is 19.5 Å². The van der Waals surface area contributed by atoms with Crippen molar-refractivity contribution in [2.24, 2.45) is 0 Å². The van der Waals surface area contributed by atoms with Gasteiger partial charge in [-0.05, 0) is 55.3 Å². The predicted octanol–water partition coefficient (Wildman–Crippen LogP) is 4.05. The maximum absolute atomic E-state index is 13.1. The molecule has 0 spiro atoms. The molecule has 7 heteroatoms. The maximum Gasteiger partial charge on any atom is 0.257 e. The molecule has 3 aromatic carbocycles. The van der Waals surface area contributed by atoms with Crippen LogP contribution >= 0.6 is 0 Å². The number of ether oxygens (including phenoxy) is 1. The van der Waals surface area contributed by atoms with Crippen molar-refractivity contribution < 1.29 is 14.3 Å². The number of fused-ring (bicyclic) bond motifs is 1. The number of imidazole rings is 1. The third-order valence-electron chi connectivity index (χ3n) is 5.92. The van der Waals surface area contributed by atoms with Crippen LogP contribution in [0.4, 0.5) is 5.69 Å². The Morgan fingerprint density at radius 2 is 1.74 bits per heavy atom. The number of nitrogens with one attached hydrogen (secondary N) is 1. The van der Waals surface area contributed by atoms with E-state index in [9.17, 15) is 9.59 Å². The molecule has 0 aliphatic rings. The van der Waals surface area contributed by atoms with E-state index in [1.54, 1.807) is 11.9 Å². The van der Waals surface area contributed by atoms with Crippen molar-refractivity contribution in [1.82, 2.24) is 14.9 Å². The lowest BCUT2D eigenvalue weighted by atomic mass is 10.1. The van der Waals surface area contributed by atoms with Gasteiger partial charge in [0.2, 0.25) is 5.91 Å². The monoisotopic (exact) mass is 470 g/mol. The lowest BCUT2D eigenvalue weighted by Crippen LogP contribution is -2.32. The Bertz CT molecular complexity index is 1330. The van der Waals surface area contributed by atoms with Crippen molar-refractivity contribution in [1.29, 1.82) is 0 Å². The van der Waals surface area contributed by atoms with E-state index in [1.165, 1.54) is 0 Å². The summed E-state index contributed by atoms with van der Waals surface area (Å²) in [6, 6.07) is 23.2. The molecule has 35 heavy (non-hydrogen) atoms. The van der Waals surface area contributed by atoms with E-state index in [-0.39, 0.29) is 25.0 Å². The van der Waals surface area contributed by atoms with Crippen LogP contribution < -0.4 is 15.0 Å². The van der Waals surface area contributed by atoms with Crippen molar-refractivity contribution in [3.63, 3.8) is 0 Å². The predicted molar refractivity (Wildman–Crippen MR) is 138 cm³/mol. The van der Waals surface area contributed by atoms with E-state index in [1.807, 2.05) is 91.2 Å². The van der Waals surface area contributed by atoms with Crippen LogP contribution in [0.5, 0.6) is 5.75 Å². The summed E-state index contributed by atoms with van der Waals surface area (Å²) < 4.78 is 7.62. The summed E-state index contributed by atoms with van der Waals surface area (Å²) in [7, 11) is 1.77. The summed E-state index contributed by atoms with van der Waals surface area (Å²) in [6.07, 6.45) is 0.492. The fourth-order valence-corrected chi connectivity index (χ4v) is 3.90. The summed E-state index contributed by atoms with van der Waals surface area (Å²) >= 11 is 0. The summed E-state index contributed by atoms with van der Waals surface area (Å²) in [5, 5.41) is 2.90. The smallest absolute Gasteiger partial charge is 0.257 e. The van der Waals surface area contributed by atoms with Gasteiger partial charge in [0.05, 0.1) is 11.0 Å². The molecule has 1 heterocycles. The van der Waals surface area contributed by atoms with Gasteiger partial charge in [0.15, 0.2) is 6.61 Å². The van der Waals surface area contributed by atoms with Gasteiger partial charge in [0.25, 0.3) is 5.91 Å². The first-order valence-corrected chi connectivity index (χ1v) is 11.6. The second-order valence-electron chi connectivity index (χ2n) is 8.55. The minimum absolute atomic E-state index is 0.0495. The topological polar surface area (TPSA) is 76.5 Å². The molecule has 4 aromatic rings. The number of aryl methyl sites for hydroxylation is 2. The maximum atomic E-state index is 13.1. The molecular weight excluding hydrogens is 440 g/mol. The van der Waals surface area contributed by atoms with Gasteiger partial charge in [-0.1, -0.05) is 42.5 Å². The van der Waals surface area contributed by atoms with Gasteiger partial charge in [0.1, 0.15) is 18.1 Å². The molecule has 180 valence electrons. The van der Waals surface area contributed by atoms with Crippen LogP contribution in [0.15, 0.2) is 72.8 Å². The Balaban J connectivity index is 1.40. The van der Waals surface area contributed by atoms with Crippen molar-refractivity contribution >= 4 is 28.5 Å². The van der Waals surface area contributed by atoms with E-state index in [4.69, 9.17) is 9.72 Å². The number of amides is 2. The Labute approximate surface area is 205 Å². The third kappa shape index (κ3) is 5.87. The summed E-state index contributed by atoms with van der Waals surface area (Å²) in [6.45, 7) is 4.43. The van der Waals surface area contributed by atoms with Crippen LogP contribution in [0.1, 0.15) is 17.0 Å². The summed E-state index contributed by atoms with van der Waals surface area (Å²) in [5.74, 6) is 1.21. The first-order valence-electron chi connectivity index (χ1n) is 11.6. The van der Waals surface area contributed by atoms with E-state index in [0.29, 0.717) is 18.7 Å². The zero-order chi connectivity index (χ0) is 24.8. The highest BCUT2D eigenvalue weighted by atomic mass is 16.5. The molecule has 0 radical (unpaired) electrons. The summed E-state index contributed by atoms with van der Waals surface area (Å²) in [5.41, 5.74) is 4.61. The Morgan fingerprint density at radius 1 is 1.00 bits per heavy atom. The van der Waals surface area contributed by atoms with Crippen LogP contribution in [0.25, 0.3) is 11.0 Å². The van der Waals surface area contributed by atoms with Crippen LogP contribution in [0.3, 0.4) is 0 Å². The molecular formula is C28H30N4O3. The Morgan fingerprint density at radius 3 is 2.54 bits per heavy atom. The van der Waals surface area contributed by atoms with Gasteiger partial charge in [0, 0.05) is 25.7 Å². The molecule has 0 atom stereocenters. The molecule has 2 amide bonds. The fraction of sp³-hybridized carbons (Fsp3) is 0.250. The van der Waals surface area contributed by atoms with E-state index in [0.717, 1.165) is 33.7 Å².